The zero-order chi connectivity index (χ0) is 21.7. The van der Waals surface area contributed by atoms with E-state index in [0.717, 1.165) is 44.4 Å². The lowest BCUT2D eigenvalue weighted by Crippen LogP contribution is -2.33. The lowest BCUT2D eigenvalue weighted by Gasteiger charge is -2.20. The number of carbonyl (C=O) groups excluding carboxylic acids is 1. The molecule has 6 nitrogen and oxygen atoms in total. The molecule has 0 spiro atoms. The van der Waals surface area contributed by atoms with Gasteiger partial charge >= 0.3 is 0 Å². The minimum absolute atomic E-state index is 0.0180. The summed E-state index contributed by atoms with van der Waals surface area (Å²) in [4.78, 5) is 22.8. The Hall–Kier alpha value is -4.06. The Morgan fingerprint density at radius 3 is 2.78 bits per heavy atom. The number of nitrogens with one attached hydrogen (secondary N) is 1. The Morgan fingerprint density at radius 1 is 1.03 bits per heavy atom. The number of aromatic amines is 1. The fourth-order valence-electron chi connectivity index (χ4n) is 4.52. The zero-order valence-corrected chi connectivity index (χ0v) is 17.7. The minimum atomic E-state index is 0.0180. The maximum Gasteiger partial charge on any atom is 0.270 e. The lowest BCUT2D eigenvalue weighted by molar-refractivity contribution is 0.0724. The first kappa shape index (κ1) is 18.7. The fourth-order valence-corrected chi connectivity index (χ4v) is 4.52. The van der Waals surface area contributed by atoms with Gasteiger partial charge in [0.15, 0.2) is 0 Å². The van der Waals surface area contributed by atoms with Crippen LogP contribution in [-0.2, 0) is 13.6 Å². The molecule has 0 saturated carbocycles. The Balaban J connectivity index is 1.34. The lowest BCUT2D eigenvalue weighted by atomic mass is 10.0. The van der Waals surface area contributed by atoms with Crippen LogP contribution in [0.4, 0.5) is 0 Å². The fraction of sp³-hybridized carbons (Fsp3) is 0.154. The van der Waals surface area contributed by atoms with E-state index in [-0.39, 0.29) is 5.91 Å². The Kier molecular flexibility index (Phi) is 4.24. The van der Waals surface area contributed by atoms with Crippen molar-refractivity contribution in [1.29, 1.82) is 0 Å². The number of benzene rings is 3. The largest absolute Gasteiger partial charge is 0.491 e. The zero-order valence-electron chi connectivity index (χ0n) is 17.7. The van der Waals surface area contributed by atoms with Crippen molar-refractivity contribution in [2.45, 2.75) is 6.54 Å². The first-order valence-electron chi connectivity index (χ1n) is 10.7. The number of carbonyl (C=O) groups is 1. The summed E-state index contributed by atoms with van der Waals surface area (Å²) in [6.07, 6.45) is 1.70. The standard InChI is InChI=1S/C26H22N4O2/c1-29-23-5-3-2-4-19(23)14-24(29)26(31)30-10-11-32-25-9-7-17(12-20(25)15-30)18-6-8-21-22(13-18)28-16-27-21/h2-9,12-14,16H,10-11,15H2,1H3,(H,27,28). The third-order valence-corrected chi connectivity index (χ3v) is 6.25. The van der Waals surface area contributed by atoms with Crippen molar-refractivity contribution in [3.8, 4) is 16.9 Å². The van der Waals surface area contributed by atoms with Crippen molar-refractivity contribution in [1.82, 2.24) is 19.4 Å². The molecule has 32 heavy (non-hydrogen) atoms. The van der Waals surface area contributed by atoms with Crippen LogP contribution < -0.4 is 4.74 Å². The van der Waals surface area contributed by atoms with Gasteiger partial charge in [-0.1, -0.05) is 30.3 Å². The van der Waals surface area contributed by atoms with E-state index < -0.39 is 0 Å². The summed E-state index contributed by atoms with van der Waals surface area (Å²) < 4.78 is 7.96. The highest BCUT2D eigenvalue weighted by Crippen LogP contribution is 2.31. The molecular formula is C26H22N4O2. The molecule has 0 unspecified atom stereocenters. The van der Waals surface area contributed by atoms with Crippen LogP contribution in [0.2, 0.25) is 0 Å². The highest BCUT2D eigenvalue weighted by Gasteiger charge is 2.24. The van der Waals surface area contributed by atoms with Crippen molar-refractivity contribution < 1.29 is 9.53 Å². The predicted octanol–water partition coefficient (Wildman–Crippen LogP) is 4.76. The Labute approximate surface area is 185 Å². The number of amides is 1. The molecule has 0 aliphatic carbocycles. The van der Waals surface area contributed by atoms with Crippen LogP contribution in [0.25, 0.3) is 33.1 Å². The molecule has 0 bridgehead atoms. The summed E-state index contributed by atoms with van der Waals surface area (Å²) in [6, 6.07) is 22.4. The molecule has 1 N–H and O–H groups in total. The smallest absolute Gasteiger partial charge is 0.270 e. The SMILES string of the molecule is Cn1c(C(=O)N2CCOc3ccc(-c4ccc5nc[nH]c5c4)cc3C2)cc2ccccc21. The second-order valence-corrected chi connectivity index (χ2v) is 8.18. The summed E-state index contributed by atoms with van der Waals surface area (Å²) in [5, 5.41) is 1.07. The second-order valence-electron chi connectivity index (χ2n) is 8.18. The molecule has 0 atom stereocenters. The maximum absolute atomic E-state index is 13.5. The first-order chi connectivity index (χ1) is 15.7. The molecule has 0 saturated heterocycles. The van der Waals surface area contributed by atoms with Gasteiger partial charge in [-0.25, -0.2) is 4.98 Å². The van der Waals surface area contributed by atoms with Gasteiger partial charge in [-0.2, -0.15) is 0 Å². The molecule has 0 fully saturated rings. The molecule has 1 aliphatic rings. The Bertz CT molecular complexity index is 1480. The molecule has 1 amide bonds. The average molecular weight is 422 g/mol. The van der Waals surface area contributed by atoms with E-state index in [9.17, 15) is 4.79 Å². The van der Waals surface area contributed by atoms with Crippen molar-refractivity contribution in [2.75, 3.05) is 13.2 Å². The predicted molar refractivity (Wildman–Crippen MR) is 125 cm³/mol. The van der Waals surface area contributed by atoms with Crippen LogP contribution >= 0.6 is 0 Å². The highest BCUT2D eigenvalue weighted by molar-refractivity contribution is 5.98. The number of H-pyrrole nitrogens is 1. The second kappa shape index (κ2) is 7.27. The molecule has 3 heterocycles. The number of aromatic nitrogens is 3. The van der Waals surface area contributed by atoms with Crippen LogP contribution in [0.5, 0.6) is 5.75 Å². The maximum atomic E-state index is 13.5. The quantitative estimate of drug-likeness (QED) is 0.446. The number of ether oxygens (including phenoxy) is 1. The van der Waals surface area contributed by atoms with Gasteiger partial charge in [0.25, 0.3) is 5.91 Å². The van der Waals surface area contributed by atoms with E-state index in [2.05, 4.69) is 34.2 Å². The van der Waals surface area contributed by atoms with Gasteiger partial charge in [0.2, 0.25) is 0 Å². The summed E-state index contributed by atoms with van der Waals surface area (Å²) in [7, 11) is 1.95. The molecule has 1 aliphatic heterocycles. The van der Waals surface area contributed by atoms with Crippen LogP contribution in [0.15, 0.2) is 73.1 Å². The third-order valence-electron chi connectivity index (χ3n) is 6.25. The van der Waals surface area contributed by atoms with Crippen LogP contribution in [-0.4, -0.2) is 38.5 Å². The van der Waals surface area contributed by atoms with E-state index in [1.165, 1.54) is 0 Å². The van der Waals surface area contributed by atoms with Gasteiger partial charge in [0, 0.05) is 30.1 Å². The van der Waals surface area contributed by atoms with Crippen LogP contribution in [0.3, 0.4) is 0 Å². The van der Waals surface area contributed by atoms with Crippen LogP contribution in [0.1, 0.15) is 16.1 Å². The molecule has 0 radical (unpaired) electrons. The normalized spacial score (nSPS) is 13.7. The van der Waals surface area contributed by atoms with Gasteiger partial charge in [0.05, 0.1) is 23.9 Å². The summed E-state index contributed by atoms with van der Waals surface area (Å²) in [6.45, 7) is 1.53. The number of aryl methyl sites for hydroxylation is 1. The van der Waals surface area contributed by atoms with Crippen molar-refractivity contribution >= 4 is 27.8 Å². The molecule has 158 valence electrons. The molecular weight excluding hydrogens is 400 g/mol. The van der Waals surface area contributed by atoms with E-state index in [1.807, 2.05) is 59.0 Å². The van der Waals surface area contributed by atoms with E-state index in [4.69, 9.17) is 4.74 Å². The minimum Gasteiger partial charge on any atom is -0.491 e. The number of para-hydroxylation sites is 1. The highest BCUT2D eigenvalue weighted by atomic mass is 16.5. The number of nitrogens with zero attached hydrogens (tertiary/aromatic N) is 3. The summed E-state index contributed by atoms with van der Waals surface area (Å²) in [5.74, 6) is 0.855. The van der Waals surface area contributed by atoms with Crippen LogP contribution in [0, 0.1) is 0 Å². The van der Waals surface area contributed by atoms with E-state index in [0.29, 0.717) is 25.4 Å². The third kappa shape index (κ3) is 3.03. The number of fused-ring (bicyclic) bond motifs is 3. The van der Waals surface area contributed by atoms with E-state index in [1.54, 1.807) is 6.33 Å². The first-order valence-corrected chi connectivity index (χ1v) is 10.7. The Morgan fingerprint density at radius 2 is 1.88 bits per heavy atom. The average Bonchev–Trinajstić information content (AvgIpc) is 3.35. The van der Waals surface area contributed by atoms with Gasteiger partial charge in [0.1, 0.15) is 18.1 Å². The molecule has 3 aromatic carbocycles. The number of hydrogen-bond acceptors (Lipinski definition) is 3. The number of rotatable bonds is 2. The monoisotopic (exact) mass is 422 g/mol. The van der Waals surface area contributed by atoms with Gasteiger partial charge < -0.3 is 19.2 Å². The van der Waals surface area contributed by atoms with Gasteiger partial charge in [-0.3, -0.25) is 4.79 Å². The topological polar surface area (TPSA) is 63.1 Å². The summed E-state index contributed by atoms with van der Waals surface area (Å²) >= 11 is 0. The molecule has 5 aromatic rings. The van der Waals surface area contributed by atoms with Crippen molar-refractivity contribution in [3.05, 3.63) is 84.3 Å². The molecule has 2 aromatic heterocycles. The van der Waals surface area contributed by atoms with Gasteiger partial charge in [-0.05, 0) is 47.5 Å². The number of imidazole rings is 1. The summed E-state index contributed by atoms with van der Waals surface area (Å²) in [5.41, 5.74) is 6.88. The molecule has 6 rings (SSSR count). The number of hydrogen-bond donors (Lipinski definition) is 1. The van der Waals surface area contributed by atoms with Crippen molar-refractivity contribution in [2.24, 2.45) is 7.05 Å². The van der Waals surface area contributed by atoms with Crippen molar-refractivity contribution in [3.63, 3.8) is 0 Å². The van der Waals surface area contributed by atoms with E-state index >= 15 is 0 Å². The molecule has 6 heteroatoms. The van der Waals surface area contributed by atoms with Gasteiger partial charge in [-0.15, -0.1) is 0 Å².